The summed E-state index contributed by atoms with van der Waals surface area (Å²) in [6.45, 7) is 3.29. The van der Waals surface area contributed by atoms with Gasteiger partial charge in [0.15, 0.2) is 11.6 Å². The van der Waals surface area contributed by atoms with Gasteiger partial charge in [-0.15, -0.1) is 0 Å². The number of rotatable bonds is 4. The monoisotopic (exact) mass is 241 g/mol. The van der Waals surface area contributed by atoms with Gasteiger partial charge >= 0.3 is 5.97 Å². The Bertz CT molecular complexity index is 446. The van der Waals surface area contributed by atoms with Crippen LogP contribution in [0.15, 0.2) is 6.07 Å². The highest BCUT2D eigenvalue weighted by atomic mass is 19.1. The fourth-order valence-electron chi connectivity index (χ4n) is 1.70. The van der Waals surface area contributed by atoms with Gasteiger partial charge in [-0.1, -0.05) is 6.07 Å². The standard InChI is InChI=1S/C12H16FNO3/c1-6-4-8(5-9(14)12(15)16)7(2)11(17-3)10(6)13/h4,9H,5,14H2,1-3H3,(H,15,16). The molecule has 4 nitrogen and oxygen atoms in total. The van der Waals surface area contributed by atoms with Crippen LogP contribution in [-0.2, 0) is 11.2 Å². The van der Waals surface area contributed by atoms with Gasteiger partial charge in [-0.25, -0.2) is 4.39 Å². The predicted molar refractivity (Wildman–Crippen MR) is 61.7 cm³/mol. The summed E-state index contributed by atoms with van der Waals surface area (Å²) in [6, 6.07) is 0.610. The van der Waals surface area contributed by atoms with E-state index in [2.05, 4.69) is 0 Å². The van der Waals surface area contributed by atoms with Gasteiger partial charge in [0.05, 0.1) is 7.11 Å². The van der Waals surface area contributed by atoms with Crippen molar-refractivity contribution in [2.75, 3.05) is 7.11 Å². The fraction of sp³-hybridized carbons (Fsp3) is 0.417. The molecule has 0 amide bonds. The van der Waals surface area contributed by atoms with Crippen molar-refractivity contribution in [3.05, 3.63) is 28.6 Å². The summed E-state index contributed by atoms with van der Waals surface area (Å²) in [4.78, 5) is 10.7. The molecular weight excluding hydrogens is 225 g/mol. The van der Waals surface area contributed by atoms with Crippen molar-refractivity contribution in [3.63, 3.8) is 0 Å². The minimum absolute atomic E-state index is 0.151. The van der Waals surface area contributed by atoms with E-state index in [9.17, 15) is 9.18 Å². The van der Waals surface area contributed by atoms with Gasteiger partial charge in [-0.2, -0.15) is 0 Å². The Labute approximate surface area is 99.2 Å². The van der Waals surface area contributed by atoms with Crippen molar-refractivity contribution in [2.24, 2.45) is 5.73 Å². The zero-order valence-electron chi connectivity index (χ0n) is 10.1. The number of carboxylic acids is 1. The van der Waals surface area contributed by atoms with Crippen LogP contribution in [0.1, 0.15) is 16.7 Å². The van der Waals surface area contributed by atoms with Gasteiger partial charge in [0.2, 0.25) is 0 Å². The van der Waals surface area contributed by atoms with Gasteiger partial charge in [-0.05, 0) is 37.0 Å². The number of hydrogen-bond acceptors (Lipinski definition) is 3. The number of benzene rings is 1. The Morgan fingerprint density at radius 1 is 1.59 bits per heavy atom. The van der Waals surface area contributed by atoms with Crippen molar-refractivity contribution in [1.29, 1.82) is 0 Å². The Morgan fingerprint density at radius 3 is 2.65 bits per heavy atom. The first-order valence-electron chi connectivity index (χ1n) is 5.19. The van der Waals surface area contributed by atoms with Crippen LogP contribution in [0.3, 0.4) is 0 Å². The summed E-state index contributed by atoms with van der Waals surface area (Å²) in [5.74, 6) is -1.35. The first kappa shape index (κ1) is 13.4. The molecule has 0 aliphatic carbocycles. The molecule has 5 heteroatoms. The molecule has 1 rings (SSSR count). The number of methoxy groups -OCH3 is 1. The molecule has 1 aromatic carbocycles. The number of hydrogen-bond donors (Lipinski definition) is 2. The van der Waals surface area contributed by atoms with E-state index >= 15 is 0 Å². The zero-order valence-corrected chi connectivity index (χ0v) is 10.1. The zero-order chi connectivity index (χ0) is 13.2. The van der Waals surface area contributed by atoms with Crippen molar-refractivity contribution in [3.8, 4) is 5.75 Å². The van der Waals surface area contributed by atoms with Crippen LogP contribution in [0, 0.1) is 19.7 Å². The molecule has 0 radical (unpaired) electrons. The molecule has 0 aliphatic heterocycles. The van der Waals surface area contributed by atoms with E-state index in [0.29, 0.717) is 16.7 Å². The average molecular weight is 241 g/mol. The van der Waals surface area contributed by atoms with Gasteiger partial charge in [0, 0.05) is 0 Å². The maximum atomic E-state index is 13.7. The van der Waals surface area contributed by atoms with Crippen LogP contribution in [0.5, 0.6) is 5.75 Å². The van der Waals surface area contributed by atoms with Crippen LogP contribution in [0.25, 0.3) is 0 Å². The second-order valence-corrected chi connectivity index (χ2v) is 3.97. The number of aliphatic carboxylic acids is 1. The molecule has 0 bridgehead atoms. The first-order chi connectivity index (χ1) is 7.88. The van der Waals surface area contributed by atoms with Crippen LogP contribution in [0.2, 0.25) is 0 Å². The number of halogens is 1. The lowest BCUT2D eigenvalue weighted by molar-refractivity contribution is -0.138. The molecular formula is C12H16FNO3. The lowest BCUT2D eigenvalue weighted by atomic mass is 9.98. The van der Waals surface area contributed by atoms with Crippen molar-refractivity contribution in [1.82, 2.24) is 0 Å². The van der Waals surface area contributed by atoms with E-state index in [-0.39, 0.29) is 12.2 Å². The summed E-state index contributed by atoms with van der Waals surface area (Å²) < 4.78 is 18.6. The smallest absolute Gasteiger partial charge is 0.320 e. The lowest BCUT2D eigenvalue weighted by Gasteiger charge is -2.15. The molecule has 0 fully saturated rings. The highest BCUT2D eigenvalue weighted by molar-refractivity contribution is 5.73. The van der Waals surface area contributed by atoms with Crippen molar-refractivity contribution < 1.29 is 19.0 Å². The maximum Gasteiger partial charge on any atom is 0.320 e. The Kier molecular flexibility index (Phi) is 4.07. The molecule has 0 spiro atoms. The van der Waals surface area contributed by atoms with Crippen molar-refractivity contribution >= 4 is 5.97 Å². The van der Waals surface area contributed by atoms with Crippen LogP contribution >= 0.6 is 0 Å². The maximum absolute atomic E-state index is 13.7. The van der Waals surface area contributed by atoms with Crippen molar-refractivity contribution in [2.45, 2.75) is 26.3 Å². The van der Waals surface area contributed by atoms with Crippen LogP contribution < -0.4 is 10.5 Å². The van der Waals surface area contributed by atoms with E-state index in [1.165, 1.54) is 7.11 Å². The largest absolute Gasteiger partial charge is 0.493 e. The Hall–Kier alpha value is -1.62. The van der Waals surface area contributed by atoms with E-state index in [4.69, 9.17) is 15.6 Å². The van der Waals surface area contributed by atoms with Gasteiger partial charge < -0.3 is 15.6 Å². The summed E-state index contributed by atoms with van der Waals surface area (Å²) in [6.07, 6.45) is 0.151. The SMILES string of the molecule is COc1c(C)c(CC(N)C(=O)O)cc(C)c1F. The van der Waals surface area contributed by atoms with Gasteiger partial charge in [-0.3, -0.25) is 4.79 Å². The number of ether oxygens (including phenoxy) is 1. The number of carbonyl (C=O) groups is 1. The van der Waals surface area contributed by atoms with E-state index < -0.39 is 17.8 Å². The van der Waals surface area contributed by atoms with E-state index in [1.807, 2.05) is 0 Å². The van der Waals surface area contributed by atoms with Gasteiger partial charge in [0.25, 0.3) is 0 Å². The second kappa shape index (κ2) is 5.14. The molecule has 0 aromatic heterocycles. The molecule has 0 aliphatic rings. The number of carboxylic acid groups (broad SMARTS) is 1. The predicted octanol–water partition coefficient (Wildman–Crippen LogP) is 1.41. The molecule has 0 saturated carbocycles. The molecule has 1 aromatic rings. The Balaban J connectivity index is 3.17. The number of aryl methyl sites for hydroxylation is 1. The molecule has 0 heterocycles. The highest BCUT2D eigenvalue weighted by Gasteiger charge is 2.18. The summed E-state index contributed by atoms with van der Waals surface area (Å²) in [5.41, 5.74) is 7.16. The summed E-state index contributed by atoms with van der Waals surface area (Å²) in [7, 11) is 1.38. The third kappa shape index (κ3) is 2.74. The molecule has 1 unspecified atom stereocenters. The minimum atomic E-state index is -1.08. The van der Waals surface area contributed by atoms with Crippen LogP contribution in [-0.4, -0.2) is 24.2 Å². The van der Waals surface area contributed by atoms with E-state index in [1.54, 1.807) is 19.9 Å². The summed E-state index contributed by atoms with van der Waals surface area (Å²) in [5, 5.41) is 8.75. The van der Waals surface area contributed by atoms with Gasteiger partial charge in [0.1, 0.15) is 6.04 Å². The fourth-order valence-corrected chi connectivity index (χ4v) is 1.70. The highest BCUT2D eigenvalue weighted by Crippen LogP contribution is 2.28. The van der Waals surface area contributed by atoms with Crippen LogP contribution in [0.4, 0.5) is 4.39 Å². The topological polar surface area (TPSA) is 72.5 Å². The second-order valence-electron chi connectivity index (χ2n) is 3.97. The van der Waals surface area contributed by atoms with E-state index in [0.717, 1.165) is 0 Å². The third-order valence-electron chi connectivity index (χ3n) is 2.72. The third-order valence-corrected chi connectivity index (χ3v) is 2.72. The quantitative estimate of drug-likeness (QED) is 0.835. The first-order valence-corrected chi connectivity index (χ1v) is 5.19. The average Bonchev–Trinajstić information content (AvgIpc) is 2.26. The normalized spacial score (nSPS) is 12.3. The molecule has 1 atom stereocenters. The Morgan fingerprint density at radius 2 is 2.18 bits per heavy atom. The number of nitrogens with two attached hydrogens (primary N) is 1. The molecule has 94 valence electrons. The molecule has 17 heavy (non-hydrogen) atoms. The molecule has 3 N–H and O–H groups in total. The minimum Gasteiger partial charge on any atom is -0.493 e. The lowest BCUT2D eigenvalue weighted by Crippen LogP contribution is -2.32. The summed E-state index contributed by atoms with van der Waals surface area (Å²) >= 11 is 0. The molecule has 0 saturated heterocycles.